The third-order valence-electron chi connectivity index (χ3n) is 7.73. The molecule has 0 spiro atoms. The molecule has 2 fully saturated rings. The van der Waals surface area contributed by atoms with E-state index < -0.39 is 29.0 Å². The Balaban J connectivity index is 1.44. The third kappa shape index (κ3) is 5.71. The van der Waals surface area contributed by atoms with Crippen LogP contribution in [0.15, 0.2) is 55.1 Å². The zero-order chi connectivity index (χ0) is 24.9. The number of aryl methyl sites for hydroxylation is 1. The Labute approximate surface area is 205 Å². The van der Waals surface area contributed by atoms with Crippen LogP contribution in [0.2, 0.25) is 0 Å². The molecule has 0 amide bonds. The lowest BCUT2D eigenvalue weighted by Crippen LogP contribution is -2.30. The Kier molecular flexibility index (Phi) is 8.15. The number of carbonyl (C=O) groups is 1. The third-order valence-corrected chi connectivity index (χ3v) is 7.73. The number of esters is 1. The van der Waals surface area contributed by atoms with Gasteiger partial charge in [-0.3, -0.25) is 0 Å². The van der Waals surface area contributed by atoms with Gasteiger partial charge < -0.3 is 4.74 Å². The maximum Gasteiger partial charge on any atom is 0.346 e. The molecule has 2 aliphatic rings. The molecule has 4 atom stereocenters. The number of halogens is 3. The fourth-order valence-corrected chi connectivity index (χ4v) is 5.90. The first-order chi connectivity index (χ1) is 16.9. The number of rotatable bonds is 7. The standard InChI is InChI=1S/C30H33F3O2/c1-3-5-7-20-9-15-27(26(31)17-20)35-30(34)25-14-13-24(28(32)29(25)33)23-12-11-21-16-19(6-4-2)8-10-22(21)18-23/h3-4,6,9,13-15,17,19,21-23H,1,5,7-8,10-12,16,18H2,2H3/b6-4+. The second kappa shape index (κ2) is 11.3. The Bertz CT molecular complexity index is 1110. The summed E-state index contributed by atoms with van der Waals surface area (Å²) in [5.41, 5.74) is 0.529. The van der Waals surface area contributed by atoms with Crippen LogP contribution in [-0.2, 0) is 6.42 Å². The summed E-state index contributed by atoms with van der Waals surface area (Å²) in [6, 6.07) is 7.01. The lowest BCUT2D eigenvalue weighted by atomic mass is 9.64. The van der Waals surface area contributed by atoms with Crippen LogP contribution in [0.3, 0.4) is 0 Å². The number of hydrogen-bond donors (Lipinski definition) is 0. The van der Waals surface area contributed by atoms with Gasteiger partial charge in [0, 0.05) is 0 Å². The van der Waals surface area contributed by atoms with Gasteiger partial charge in [0.05, 0.1) is 5.56 Å². The molecule has 4 rings (SSSR count). The van der Waals surface area contributed by atoms with E-state index >= 15 is 4.39 Å². The second-order valence-electron chi connectivity index (χ2n) is 9.94. The number of ether oxygens (including phenoxy) is 1. The first kappa shape index (κ1) is 25.3. The Hall–Kier alpha value is -2.82. The molecule has 0 aliphatic heterocycles. The number of carbonyl (C=O) groups excluding carboxylic acids is 1. The van der Waals surface area contributed by atoms with E-state index in [-0.39, 0.29) is 11.7 Å². The molecule has 2 aromatic rings. The van der Waals surface area contributed by atoms with Gasteiger partial charge in [-0.2, -0.15) is 0 Å². The highest BCUT2D eigenvalue weighted by Gasteiger charge is 2.36. The summed E-state index contributed by atoms with van der Waals surface area (Å²) in [6.07, 6.45) is 13.5. The first-order valence-corrected chi connectivity index (χ1v) is 12.6. The van der Waals surface area contributed by atoms with E-state index in [4.69, 9.17) is 4.74 Å². The van der Waals surface area contributed by atoms with Gasteiger partial charge in [0.15, 0.2) is 23.2 Å². The van der Waals surface area contributed by atoms with Gasteiger partial charge in [-0.1, -0.05) is 30.4 Å². The average molecular weight is 483 g/mol. The van der Waals surface area contributed by atoms with E-state index in [0.29, 0.717) is 36.2 Å². The summed E-state index contributed by atoms with van der Waals surface area (Å²) in [5.74, 6) is -2.63. The lowest BCUT2D eigenvalue weighted by Gasteiger charge is -2.42. The number of benzene rings is 2. The van der Waals surface area contributed by atoms with E-state index in [9.17, 15) is 13.6 Å². The molecule has 186 valence electrons. The van der Waals surface area contributed by atoms with Crippen molar-refractivity contribution in [3.63, 3.8) is 0 Å². The molecule has 2 saturated carbocycles. The summed E-state index contributed by atoms with van der Waals surface area (Å²) < 4.78 is 49.5. The van der Waals surface area contributed by atoms with Crippen molar-refractivity contribution in [2.45, 2.75) is 64.2 Å². The van der Waals surface area contributed by atoms with Crippen molar-refractivity contribution in [3.8, 4) is 5.75 Å². The van der Waals surface area contributed by atoms with Crippen LogP contribution in [0, 0.1) is 35.2 Å². The van der Waals surface area contributed by atoms with E-state index in [2.05, 4.69) is 25.7 Å². The minimum Gasteiger partial charge on any atom is -0.420 e. The minimum atomic E-state index is -1.23. The topological polar surface area (TPSA) is 26.3 Å². The van der Waals surface area contributed by atoms with Crippen LogP contribution in [0.1, 0.15) is 79.3 Å². The molecular formula is C30H33F3O2. The van der Waals surface area contributed by atoms with Crippen LogP contribution >= 0.6 is 0 Å². The van der Waals surface area contributed by atoms with Gasteiger partial charge >= 0.3 is 5.97 Å². The molecule has 35 heavy (non-hydrogen) atoms. The van der Waals surface area contributed by atoms with Crippen molar-refractivity contribution in [3.05, 3.63) is 89.3 Å². The molecular weight excluding hydrogens is 449 g/mol. The van der Waals surface area contributed by atoms with Gasteiger partial charge in [-0.05, 0) is 111 Å². The van der Waals surface area contributed by atoms with Crippen molar-refractivity contribution < 1.29 is 22.7 Å². The number of allylic oxidation sites excluding steroid dienone is 3. The molecule has 0 radical (unpaired) electrons. The van der Waals surface area contributed by atoms with Crippen molar-refractivity contribution in [1.29, 1.82) is 0 Å². The van der Waals surface area contributed by atoms with Crippen LogP contribution in [-0.4, -0.2) is 5.97 Å². The smallest absolute Gasteiger partial charge is 0.346 e. The van der Waals surface area contributed by atoms with Crippen molar-refractivity contribution in [2.24, 2.45) is 17.8 Å². The van der Waals surface area contributed by atoms with Gasteiger partial charge in [0.25, 0.3) is 0 Å². The fraction of sp³-hybridized carbons (Fsp3) is 0.433. The summed E-state index contributed by atoms with van der Waals surface area (Å²) in [6.45, 7) is 5.69. The first-order valence-electron chi connectivity index (χ1n) is 12.6. The van der Waals surface area contributed by atoms with Crippen LogP contribution in [0.25, 0.3) is 0 Å². The average Bonchev–Trinajstić information content (AvgIpc) is 2.85. The molecule has 2 aromatic carbocycles. The molecule has 0 bridgehead atoms. The number of fused-ring (bicyclic) bond motifs is 1. The number of hydrogen-bond acceptors (Lipinski definition) is 2. The Morgan fingerprint density at radius 2 is 1.80 bits per heavy atom. The predicted molar refractivity (Wildman–Crippen MR) is 132 cm³/mol. The maximum atomic E-state index is 15.1. The zero-order valence-electron chi connectivity index (χ0n) is 20.2. The summed E-state index contributed by atoms with van der Waals surface area (Å²) in [5, 5.41) is 0. The van der Waals surface area contributed by atoms with E-state index in [1.54, 1.807) is 12.1 Å². The van der Waals surface area contributed by atoms with Gasteiger partial charge in [0.2, 0.25) is 0 Å². The van der Waals surface area contributed by atoms with Crippen LogP contribution < -0.4 is 4.74 Å². The molecule has 2 aliphatic carbocycles. The Morgan fingerprint density at radius 3 is 2.54 bits per heavy atom. The monoisotopic (exact) mass is 482 g/mol. The molecule has 5 heteroatoms. The second-order valence-corrected chi connectivity index (χ2v) is 9.94. The molecule has 0 saturated heterocycles. The summed E-state index contributed by atoms with van der Waals surface area (Å²) >= 11 is 0. The highest BCUT2D eigenvalue weighted by Crippen LogP contribution is 2.48. The summed E-state index contributed by atoms with van der Waals surface area (Å²) in [4.78, 5) is 12.5. The minimum absolute atomic E-state index is 0.0605. The van der Waals surface area contributed by atoms with Crippen molar-refractivity contribution in [2.75, 3.05) is 0 Å². The molecule has 2 nitrogen and oxygen atoms in total. The zero-order valence-corrected chi connectivity index (χ0v) is 20.2. The van der Waals surface area contributed by atoms with E-state index in [1.165, 1.54) is 30.7 Å². The molecule has 0 heterocycles. The van der Waals surface area contributed by atoms with Crippen LogP contribution in [0.5, 0.6) is 5.75 Å². The molecule has 4 unspecified atom stereocenters. The highest BCUT2D eigenvalue weighted by atomic mass is 19.2. The SMILES string of the molecule is C=CCCc1ccc(OC(=O)c2ccc(C3CCC4CC(/C=C/C)CCC4C3)c(F)c2F)c(F)c1. The van der Waals surface area contributed by atoms with Gasteiger partial charge in [-0.15, -0.1) is 6.58 Å². The largest absolute Gasteiger partial charge is 0.420 e. The predicted octanol–water partition coefficient (Wildman–Crippen LogP) is 8.32. The van der Waals surface area contributed by atoms with E-state index in [0.717, 1.165) is 37.7 Å². The maximum absolute atomic E-state index is 15.1. The van der Waals surface area contributed by atoms with E-state index in [1.807, 2.05) is 0 Å². The molecule has 0 N–H and O–H groups in total. The van der Waals surface area contributed by atoms with Gasteiger partial charge in [-0.25, -0.2) is 18.0 Å². The fourth-order valence-electron chi connectivity index (χ4n) is 5.90. The van der Waals surface area contributed by atoms with Crippen molar-refractivity contribution >= 4 is 5.97 Å². The lowest BCUT2D eigenvalue weighted by molar-refractivity contribution is 0.0721. The highest BCUT2D eigenvalue weighted by molar-refractivity contribution is 5.91. The van der Waals surface area contributed by atoms with Gasteiger partial charge in [0.1, 0.15) is 0 Å². The Morgan fingerprint density at radius 1 is 1.03 bits per heavy atom. The van der Waals surface area contributed by atoms with Crippen LogP contribution in [0.4, 0.5) is 13.2 Å². The normalized spacial score (nSPS) is 24.2. The summed E-state index contributed by atoms with van der Waals surface area (Å²) in [7, 11) is 0. The van der Waals surface area contributed by atoms with Crippen molar-refractivity contribution in [1.82, 2.24) is 0 Å². The quantitative estimate of drug-likeness (QED) is 0.225. The molecule has 0 aromatic heterocycles.